The fourth-order valence-electron chi connectivity index (χ4n) is 3.32. The number of aliphatic hydroxyl groups is 1. The Kier molecular flexibility index (Phi) is 4.69. The Morgan fingerprint density at radius 3 is 2.42 bits per heavy atom. The van der Waals surface area contributed by atoms with Crippen molar-refractivity contribution in [3.8, 4) is 11.1 Å². The van der Waals surface area contributed by atoms with E-state index in [4.69, 9.17) is 9.84 Å². The number of benzene rings is 2. The van der Waals surface area contributed by atoms with E-state index >= 15 is 0 Å². The summed E-state index contributed by atoms with van der Waals surface area (Å²) in [4.78, 5) is 16.4. The van der Waals surface area contributed by atoms with Crippen LogP contribution in [0.1, 0.15) is 22.7 Å². The van der Waals surface area contributed by atoms with E-state index in [-0.39, 0.29) is 19.1 Å². The summed E-state index contributed by atoms with van der Waals surface area (Å²) in [6.07, 6.45) is -0.0418. The Balaban J connectivity index is 1.45. The zero-order chi connectivity index (χ0) is 17.9. The van der Waals surface area contributed by atoms with Gasteiger partial charge in [-0.25, -0.2) is 9.78 Å². The number of nitrogens with zero attached hydrogens (tertiary/aromatic N) is 1. The molecular weight excluding hydrogens is 348 g/mol. The lowest BCUT2D eigenvalue weighted by atomic mass is 9.98. The molecule has 132 valence electrons. The minimum absolute atomic E-state index is 0.0358. The van der Waals surface area contributed by atoms with Crippen LogP contribution in [0.3, 0.4) is 0 Å². The number of ether oxygens (including phenoxy) is 1. The van der Waals surface area contributed by atoms with Gasteiger partial charge in [0, 0.05) is 24.3 Å². The predicted octanol–water partition coefficient (Wildman–Crippen LogP) is 4.04. The van der Waals surface area contributed by atoms with Crippen molar-refractivity contribution in [1.29, 1.82) is 0 Å². The number of aromatic nitrogens is 1. The van der Waals surface area contributed by atoms with Crippen LogP contribution in [0.15, 0.2) is 53.9 Å². The lowest BCUT2D eigenvalue weighted by Crippen LogP contribution is -2.17. The van der Waals surface area contributed by atoms with Gasteiger partial charge in [-0.3, -0.25) is 5.32 Å². The number of amides is 1. The van der Waals surface area contributed by atoms with E-state index in [9.17, 15) is 4.79 Å². The average Bonchev–Trinajstić information content (AvgIpc) is 3.23. The van der Waals surface area contributed by atoms with E-state index in [1.807, 2.05) is 29.6 Å². The second-order valence-electron chi connectivity index (χ2n) is 6.07. The Bertz CT molecular complexity index is 893. The molecular formula is C20H18N2O3S. The third-order valence-electron chi connectivity index (χ3n) is 4.47. The number of rotatable bonds is 5. The van der Waals surface area contributed by atoms with Crippen molar-refractivity contribution in [1.82, 2.24) is 4.98 Å². The van der Waals surface area contributed by atoms with E-state index < -0.39 is 6.09 Å². The SMILES string of the molecule is O=C(Nc1nc(CCO)cs1)OCC1c2ccccc2-c2ccccc21. The molecule has 1 aromatic heterocycles. The summed E-state index contributed by atoms with van der Waals surface area (Å²) in [5, 5.41) is 13.9. The first-order valence-electron chi connectivity index (χ1n) is 8.43. The van der Waals surface area contributed by atoms with Gasteiger partial charge in [0.2, 0.25) is 0 Å². The minimum atomic E-state index is -0.517. The van der Waals surface area contributed by atoms with Crippen molar-refractivity contribution in [2.75, 3.05) is 18.5 Å². The Morgan fingerprint density at radius 1 is 1.12 bits per heavy atom. The van der Waals surface area contributed by atoms with Gasteiger partial charge in [-0.05, 0) is 22.3 Å². The number of hydrogen-bond donors (Lipinski definition) is 2. The van der Waals surface area contributed by atoms with Crippen molar-refractivity contribution >= 4 is 22.6 Å². The summed E-state index contributed by atoms with van der Waals surface area (Å²) in [6.45, 7) is 0.308. The smallest absolute Gasteiger partial charge is 0.413 e. The van der Waals surface area contributed by atoms with Gasteiger partial charge in [0.25, 0.3) is 0 Å². The summed E-state index contributed by atoms with van der Waals surface area (Å²) < 4.78 is 5.48. The van der Waals surface area contributed by atoms with Gasteiger partial charge >= 0.3 is 6.09 Å². The number of carbonyl (C=O) groups is 1. The quantitative estimate of drug-likeness (QED) is 0.715. The molecule has 4 rings (SSSR count). The molecule has 5 nitrogen and oxygen atoms in total. The van der Waals surface area contributed by atoms with Gasteiger partial charge in [-0.1, -0.05) is 48.5 Å². The fraction of sp³-hybridized carbons (Fsp3) is 0.200. The molecule has 26 heavy (non-hydrogen) atoms. The van der Waals surface area contributed by atoms with Crippen LogP contribution in [0.25, 0.3) is 11.1 Å². The molecule has 2 N–H and O–H groups in total. The molecule has 0 fully saturated rings. The molecule has 1 aliphatic rings. The van der Waals surface area contributed by atoms with E-state index in [2.05, 4.69) is 34.6 Å². The molecule has 0 spiro atoms. The van der Waals surface area contributed by atoms with Crippen molar-refractivity contribution < 1.29 is 14.6 Å². The molecule has 0 bridgehead atoms. The molecule has 0 saturated carbocycles. The highest BCUT2D eigenvalue weighted by molar-refractivity contribution is 7.13. The molecule has 0 saturated heterocycles. The molecule has 1 heterocycles. The molecule has 3 aromatic rings. The standard InChI is InChI=1S/C20H18N2O3S/c23-10-9-13-12-26-19(21-13)22-20(24)25-11-18-16-7-3-1-5-14(16)15-6-2-4-8-17(15)18/h1-8,12,18,23H,9-11H2,(H,21,22,24). The molecule has 1 amide bonds. The van der Waals surface area contributed by atoms with Gasteiger partial charge in [-0.15, -0.1) is 11.3 Å². The summed E-state index contributed by atoms with van der Waals surface area (Å²) >= 11 is 1.32. The van der Waals surface area contributed by atoms with Crippen LogP contribution in [0.2, 0.25) is 0 Å². The van der Waals surface area contributed by atoms with Crippen molar-refractivity contribution in [3.63, 3.8) is 0 Å². The first-order valence-corrected chi connectivity index (χ1v) is 9.31. The number of thiazole rings is 1. The second-order valence-corrected chi connectivity index (χ2v) is 6.93. The van der Waals surface area contributed by atoms with Gasteiger partial charge in [-0.2, -0.15) is 0 Å². The number of nitrogens with one attached hydrogen (secondary N) is 1. The third kappa shape index (κ3) is 3.21. The first kappa shape index (κ1) is 16.8. The van der Waals surface area contributed by atoms with Crippen LogP contribution < -0.4 is 5.32 Å². The summed E-state index contributed by atoms with van der Waals surface area (Å²) in [6, 6.07) is 16.5. The molecule has 0 aliphatic heterocycles. The fourth-order valence-corrected chi connectivity index (χ4v) is 4.05. The zero-order valence-corrected chi connectivity index (χ0v) is 14.8. The summed E-state index contributed by atoms with van der Waals surface area (Å²) in [5.74, 6) is 0.0365. The van der Waals surface area contributed by atoms with Gasteiger partial charge in [0.15, 0.2) is 5.13 Å². The van der Waals surface area contributed by atoms with E-state index in [1.54, 1.807) is 0 Å². The van der Waals surface area contributed by atoms with Crippen LogP contribution >= 0.6 is 11.3 Å². The van der Waals surface area contributed by atoms with Crippen molar-refractivity contribution in [3.05, 3.63) is 70.7 Å². The average molecular weight is 366 g/mol. The van der Waals surface area contributed by atoms with E-state index in [1.165, 1.54) is 33.6 Å². The summed E-state index contributed by atoms with van der Waals surface area (Å²) in [5.41, 5.74) is 5.52. The maximum absolute atomic E-state index is 12.1. The zero-order valence-electron chi connectivity index (χ0n) is 14.0. The number of aliphatic hydroxyl groups excluding tert-OH is 1. The van der Waals surface area contributed by atoms with Gasteiger partial charge in [0.1, 0.15) is 6.61 Å². The highest BCUT2D eigenvalue weighted by atomic mass is 32.1. The number of fused-ring (bicyclic) bond motifs is 3. The third-order valence-corrected chi connectivity index (χ3v) is 5.28. The van der Waals surface area contributed by atoms with Gasteiger partial charge in [0.05, 0.1) is 5.69 Å². The first-order chi connectivity index (χ1) is 12.8. The lowest BCUT2D eigenvalue weighted by Gasteiger charge is -2.14. The highest BCUT2D eigenvalue weighted by Gasteiger charge is 2.29. The topological polar surface area (TPSA) is 71.5 Å². The number of anilines is 1. The second kappa shape index (κ2) is 7.27. The summed E-state index contributed by atoms with van der Waals surface area (Å²) in [7, 11) is 0. The Labute approximate surface area is 155 Å². The van der Waals surface area contributed by atoms with Crippen LogP contribution in [0.5, 0.6) is 0 Å². The maximum Gasteiger partial charge on any atom is 0.413 e. The molecule has 0 radical (unpaired) electrons. The molecule has 6 heteroatoms. The van der Waals surface area contributed by atoms with Crippen LogP contribution in [0.4, 0.5) is 9.93 Å². The predicted molar refractivity (Wildman–Crippen MR) is 102 cm³/mol. The van der Waals surface area contributed by atoms with Crippen LogP contribution in [0, 0.1) is 0 Å². The highest BCUT2D eigenvalue weighted by Crippen LogP contribution is 2.44. The minimum Gasteiger partial charge on any atom is -0.448 e. The Hall–Kier alpha value is -2.70. The van der Waals surface area contributed by atoms with Crippen molar-refractivity contribution in [2.45, 2.75) is 12.3 Å². The number of hydrogen-bond acceptors (Lipinski definition) is 5. The van der Waals surface area contributed by atoms with E-state index in [0.29, 0.717) is 11.6 Å². The van der Waals surface area contributed by atoms with Crippen LogP contribution in [-0.4, -0.2) is 29.4 Å². The molecule has 0 unspecified atom stereocenters. The van der Waals surface area contributed by atoms with Crippen LogP contribution in [-0.2, 0) is 11.2 Å². The van der Waals surface area contributed by atoms with Crippen molar-refractivity contribution in [2.24, 2.45) is 0 Å². The maximum atomic E-state index is 12.1. The molecule has 1 aliphatic carbocycles. The van der Waals surface area contributed by atoms with E-state index in [0.717, 1.165) is 5.69 Å². The lowest BCUT2D eigenvalue weighted by molar-refractivity contribution is 0.158. The Morgan fingerprint density at radius 2 is 1.77 bits per heavy atom. The molecule has 2 aromatic carbocycles. The normalized spacial score (nSPS) is 12.5. The van der Waals surface area contributed by atoms with Gasteiger partial charge < -0.3 is 9.84 Å². The molecule has 0 atom stereocenters. The number of carbonyl (C=O) groups excluding carboxylic acids is 1. The monoisotopic (exact) mass is 366 g/mol. The largest absolute Gasteiger partial charge is 0.448 e.